The SMILES string of the molecule is [C-]#[N+]CCCC(CCC[N+]#[C-])CO[SiH](OCC)OCC. The summed E-state index contributed by atoms with van der Waals surface area (Å²) in [7, 11) is -1.99. The second kappa shape index (κ2) is 14.5. The lowest BCUT2D eigenvalue weighted by molar-refractivity contribution is 0.0840. The van der Waals surface area contributed by atoms with Gasteiger partial charge in [-0.3, -0.25) is 0 Å². The molecule has 0 spiro atoms. The van der Waals surface area contributed by atoms with E-state index in [1.54, 1.807) is 0 Å². The van der Waals surface area contributed by atoms with Crippen molar-refractivity contribution >= 4 is 9.53 Å². The Bertz CT molecular complexity index is 276. The van der Waals surface area contributed by atoms with E-state index >= 15 is 0 Å². The molecule has 0 radical (unpaired) electrons. The van der Waals surface area contributed by atoms with E-state index in [-0.39, 0.29) is 0 Å². The second-order valence-corrected chi connectivity index (χ2v) is 6.02. The van der Waals surface area contributed by atoms with Crippen molar-refractivity contribution in [2.75, 3.05) is 32.9 Å². The summed E-state index contributed by atoms with van der Waals surface area (Å²) in [6, 6.07) is 0. The maximum atomic E-state index is 6.82. The molecule has 0 aliphatic heterocycles. The zero-order valence-corrected chi connectivity index (χ0v) is 13.8. The van der Waals surface area contributed by atoms with Crippen LogP contribution in [-0.2, 0) is 13.3 Å². The minimum Gasteiger partial charge on any atom is -0.376 e. The summed E-state index contributed by atoms with van der Waals surface area (Å²) in [5, 5.41) is 0. The lowest BCUT2D eigenvalue weighted by Crippen LogP contribution is -2.29. The van der Waals surface area contributed by atoms with Crippen molar-refractivity contribution in [3.63, 3.8) is 0 Å². The van der Waals surface area contributed by atoms with Crippen LogP contribution in [0.3, 0.4) is 0 Å². The van der Waals surface area contributed by atoms with Gasteiger partial charge in [0.2, 0.25) is 13.1 Å². The molecule has 114 valence electrons. The van der Waals surface area contributed by atoms with Crippen molar-refractivity contribution in [3.05, 3.63) is 22.8 Å². The summed E-state index contributed by atoms with van der Waals surface area (Å²) >= 11 is 0. The lowest BCUT2D eigenvalue weighted by atomic mass is 9.98. The molecule has 0 heterocycles. The van der Waals surface area contributed by atoms with Crippen molar-refractivity contribution in [1.82, 2.24) is 0 Å². The fraction of sp³-hybridized carbons (Fsp3) is 0.857. The van der Waals surface area contributed by atoms with Crippen molar-refractivity contribution in [1.29, 1.82) is 0 Å². The van der Waals surface area contributed by atoms with Gasteiger partial charge < -0.3 is 23.0 Å². The molecule has 0 rings (SSSR count). The minimum absolute atomic E-state index is 0.398. The normalized spacial score (nSPS) is 10.7. The molecule has 0 N–H and O–H groups in total. The predicted octanol–water partition coefficient (Wildman–Crippen LogP) is 2.81. The first-order chi connectivity index (χ1) is 9.78. The van der Waals surface area contributed by atoms with Crippen LogP contribution in [-0.4, -0.2) is 42.4 Å². The third-order valence-corrected chi connectivity index (χ3v) is 4.51. The second-order valence-electron chi connectivity index (χ2n) is 4.45. The molecule has 0 aromatic rings. The number of rotatable bonds is 13. The summed E-state index contributed by atoms with van der Waals surface area (Å²) in [4.78, 5) is 6.76. The Balaban J connectivity index is 4.09. The molecule has 0 saturated heterocycles. The Morgan fingerprint density at radius 2 is 1.40 bits per heavy atom. The monoisotopic (exact) mass is 298 g/mol. The molecular formula is C14H26N2O3Si. The van der Waals surface area contributed by atoms with Gasteiger partial charge in [-0.15, -0.1) is 0 Å². The van der Waals surface area contributed by atoms with Gasteiger partial charge in [0.05, 0.1) is 0 Å². The van der Waals surface area contributed by atoms with Gasteiger partial charge in [0.15, 0.2) is 0 Å². The summed E-state index contributed by atoms with van der Waals surface area (Å²) in [6.45, 7) is 20.5. The largest absolute Gasteiger partial charge is 0.484 e. The van der Waals surface area contributed by atoms with Crippen LogP contribution in [0.5, 0.6) is 0 Å². The van der Waals surface area contributed by atoms with E-state index < -0.39 is 9.53 Å². The molecule has 0 aliphatic carbocycles. The first-order valence-corrected chi connectivity index (χ1v) is 8.71. The smallest absolute Gasteiger partial charge is 0.376 e. The van der Waals surface area contributed by atoms with Crippen molar-refractivity contribution in [2.45, 2.75) is 39.5 Å². The van der Waals surface area contributed by atoms with Crippen LogP contribution >= 0.6 is 0 Å². The summed E-state index contributed by atoms with van der Waals surface area (Å²) < 4.78 is 16.7. The Morgan fingerprint density at radius 1 is 0.900 bits per heavy atom. The zero-order chi connectivity index (χ0) is 15.1. The van der Waals surface area contributed by atoms with Gasteiger partial charge in [0.1, 0.15) is 0 Å². The highest BCUT2D eigenvalue weighted by molar-refractivity contribution is 6.36. The van der Waals surface area contributed by atoms with Crippen LogP contribution in [0.1, 0.15) is 39.5 Å². The molecule has 0 amide bonds. The van der Waals surface area contributed by atoms with Gasteiger partial charge in [-0.2, -0.15) is 0 Å². The number of nitrogens with zero attached hydrogens (tertiary/aromatic N) is 2. The van der Waals surface area contributed by atoms with Crippen LogP contribution in [0.25, 0.3) is 9.69 Å². The molecule has 0 unspecified atom stereocenters. The molecule has 0 atom stereocenters. The van der Waals surface area contributed by atoms with Gasteiger partial charge in [-0.25, -0.2) is 13.1 Å². The first kappa shape index (κ1) is 19.1. The average Bonchev–Trinajstić information content (AvgIpc) is 2.45. The third-order valence-electron chi connectivity index (χ3n) is 2.84. The lowest BCUT2D eigenvalue weighted by Gasteiger charge is -2.19. The molecule has 0 saturated carbocycles. The van der Waals surface area contributed by atoms with Gasteiger partial charge in [0.25, 0.3) is 0 Å². The highest BCUT2D eigenvalue weighted by atomic mass is 28.3. The van der Waals surface area contributed by atoms with Crippen LogP contribution in [0, 0.1) is 19.1 Å². The van der Waals surface area contributed by atoms with Gasteiger partial charge >= 0.3 is 9.53 Å². The van der Waals surface area contributed by atoms with Gasteiger partial charge in [-0.05, 0) is 32.6 Å². The Hall–Kier alpha value is -0.923. The van der Waals surface area contributed by atoms with E-state index in [0.717, 1.165) is 25.7 Å². The number of hydrogen-bond acceptors (Lipinski definition) is 3. The van der Waals surface area contributed by atoms with Crippen molar-refractivity contribution in [2.24, 2.45) is 5.92 Å². The molecule has 20 heavy (non-hydrogen) atoms. The maximum Gasteiger partial charge on any atom is 0.484 e. The van der Waals surface area contributed by atoms with E-state index in [4.69, 9.17) is 26.4 Å². The zero-order valence-electron chi connectivity index (χ0n) is 12.6. The van der Waals surface area contributed by atoms with Gasteiger partial charge in [0, 0.05) is 32.7 Å². The molecule has 5 nitrogen and oxygen atoms in total. The molecule has 0 aromatic heterocycles. The van der Waals surface area contributed by atoms with Crippen molar-refractivity contribution in [3.8, 4) is 0 Å². The fourth-order valence-electron chi connectivity index (χ4n) is 1.86. The summed E-state index contributed by atoms with van der Waals surface area (Å²) in [5.41, 5.74) is 0. The predicted molar refractivity (Wildman–Crippen MR) is 81.2 cm³/mol. The maximum absolute atomic E-state index is 6.82. The molecular weight excluding hydrogens is 272 g/mol. The standard InChI is InChI=1S/C14H26N2O3Si/c1-5-17-20(18-6-2)19-13-14(9-7-11-15-3)10-8-12-16-4/h14,20H,5-13H2,1-2H3. The Labute approximate surface area is 124 Å². The molecule has 0 fully saturated rings. The number of hydrogen-bond donors (Lipinski definition) is 0. The Kier molecular flexibility index (Phi) is 13.8. The third kappa shape index (κ3) is 11.0. The topological polar surface area (TPSA) is 36.4 Å². The highest BCUT2D eigenvalue weighted by Gasteiger charge is 2.18. The highest BCUT2D eigenvalue weighted by Crippen LogP contribution is 2.15. The molecule has 0 aliphatic rings. The quantitative estimate of drug-likeness (QED) is 0.298. The molecule has 0 bridgehead atoms. The Morgan fingerprint density at radius 3 is 1.80 bits per heavy atom. The van der Waals surface area contributed by atoms with E-state index in [9.17, 15) is 0 Å². The summed E-state index contributed by atoms with van der Waals surface area (Å²) in [5.74, 6) is 0.398. The van der Waals surface area contributed by atoms with Crippen LogP contribution in [0.15, 0.2) is 0 Å². The van der Waals surface area contributed by atoms with E-state index in [1.165, 1.54) is 0 Å². The van der Waals surface area contributed by atoms with Crippen LogP contribution < -0.4 is 0 Å². The molecule has 0 aromatic carbocycles. The average molecular weight is 298 g/mol. The summed E-state index contributed by atoms with van der Waals surface area (Å²) in [6.07, 6.45) is 3.73. The van der Waals surface area contributed by atoms with Gasteiger partial charge in [-0.1, -0.05) is 0 Å². The van der Waals surface area contributed by atoms with E-state index in [1.807, 2.05) is 13.8 Å². The van der Waals surface area contributed by atoms with E-state index in [2.05, 4.69) is 9.69 Å². The van der Waals surface area contributed by atoms with Crippen LogP contribution in [0.2, 0.25) is 0 Å². The van der Waals surface area contributed by atoms with E-state index in [0.29, 0.717) is 38.8 Å². The van der Waals surface area contributed by atoms with Crippen molar-refractivity contribution < 1.29 is 13.3 Å². The molecule has 6 heteroatoms. The van der Waals surface area contributed by atoms with Crippen LogP contribution in [0.4, 0.5) is 0 Å². The minimum atomic E-state index is -1.99. The fourth-order valence-corrected chi connectivity index (χ4v) is 3.12. The first-order valence-electron chi connectivity index (χ1n) is 7.29.